The number of carbonyl (C=O) groups is 1. The van der Waals surface area contributed by atoms with E-state index in [1.807, 2.05) is 0 Å². The SMILES string of the molecule is CC(=O)O.COC1(C2(c3ccncc3)N=C(N)N3CC(F)(F)CN=C32)C=CC(F)=C(c2ccccc2F)C1. The summed E-state index contributed by atoms with van der Waals surface area (Å²) in [6.45, 7) is -0.385. The summed E-state index contributed by atoms with van der Waals surface area (Å²) in [6, 6.07) is 9.13. The minimum absolute atomic E-state index is 0.0600. The molecule has 3 N–H and O–H groups in total. The van der Waals surface area contributed by atoms with Crippen LogP contribution in [0.25, 0.3) is 5.57 Å². The maximum absolute atomic E-state index is 15.1. The van der Waals surface area contributed by atoms with E-state index in [4.69, 9.17) is 20.4 Å². The number of aromatic nitrogens is 1. The van der Waals surface area contributed by atoms with Gasteiger partial charge in [-0.3, -0.25) is 19.7 Å². The minimum atomic E-state index is -3.11. The number of halogens is 4. The number of hydrogen-bond acceptors (Lipinski definition) is 7. The number of carboxylic acids is 1. The second-order valence-corrected chi connectivity index (χ2v) is 8.93. The topological polar surface area (TPSA) is 113 Å². The van der Waals surface area contributed by atoms with Crippen LogP contribution in [0, 0.1) is 5.82 Å². The smallest absolute Gasteiger partial charge is 0.300 e. The van der Waals surface area contributed by atoms with Crippen molar-refractivity contribution >= 4 is 23.3 Å². The third-order valence-electron chi connectivity index (χ3n) is 6.49. The molecule has 0 radical (unpaired) electrons. The first-order valence-electron chi connectivity index (χ1n) is 11.5. The van der Waals surface area contributed by atoms with Gasteiger partial charge >= 0.3 is 0 Å². The zero-order valence-electron chi connectivity index (χ0n) is 20.5. The highest BCUT2D eigenvalue weighted by Gasteiger charge is 2.63. The molecule has 2 unspecified atom stereocenters. The number of pyridine rings is 1. The van der Waals surface area contributed by atoms with Gasteiger partial charge in [0.1, 0.15) is 29.6 Å². The van der Waals surface area contributed by atoms with Crippen molar-refractivity contribution in [1.29, 1.82) is 0 Å². The maximum atomic E-state index is 15.1. The van der Waals surface area contributed by atoms with Crippen molar-refractivity contribution < 1.29 is 32.2 Å². The molecule has 1 aromatic carbocycles. The van der Waals surface area contributed by atoms with Crippen LogP contribution in [0.15, 0.2) is 76.8 Å². The van der Waals surface area contributed by atoms with Crippen molar-refractivity contribution in [1.82, 2.24) is 9.88 Å². The number of allylic oxidation sites excluding steroid dienone is 2. The number of methoxy groups -OCH3 is 1. The zero-order chi connectivity index (χ0) is 27.7. The largest absolute Gasteiger partial charge is 0.481 e. The Morgan fingerprint density at radius 3 is 2.45 bits per heavy atom. The van der Waals surface area contributed by atoms with Gasteiger partial charge in [0.05, 0.1) is 6.54 Å². The highest BCUT2D eigenvalue weighted by molar-refractivity contribution is 6.11. The predicted molar refractivity (Wildman–Crippen MR) is 133 cm³/mol. The molecule has 3 heterocycles. The average Bonchev–Trinajstić information content (AvgIpc) is 3.17. The predicted octanol–water partition coefficient (Wildman–Crippen LogP) is 3.91. The van der Waals surface area contributed by atoms with Crippen LogP contribution < -0.4 is 5.73 Å². The molecule has 1 aromatic heterocycles. The Kier molecular flexibility index (Phi) is 7.11. The van der Waals surface area contributed by atoms with Crippen molar-refractivity contribution in [3.63, 3.8) is 0 Å². The second-order valence-electron chi connectivity index (χ2n) is 8.93. The van der Waals surface area contributed by atoms with E-state index in [0.29, 0.717) is 5.56 Å². The minimum Gasteiger partial charge on any atom is -0.481 e. The molecule has 0 spiro atoms. The van der Waals surface area contributed by atoms with Gasteiger partial charge in [-0.1, -0.05) is 18.2 Å². The molecule has 2 atom stereocenters. The zero-order valence-corrected chi connectivity index (χ0v) is 20.5. The number of benzene rings is 1. The van der Waals surface area contributed by atoms with Crippen LogP contribution in [0.4, 0.5) is 17.6 Å². The number of guanidine groups is 1. The quantitative estimate of drug-likeness (QED) is 0.579. The molecule has 2 aliphatic heterocycles. The lowest BCUT2D eigenvalue weighted by Gasteiger charge is -2.47. The third-order valence-corrected chi connectivity index (χ3v) is 6.49. The van der Waals surface area contributed by atoms with Gasteiger partial charge in [0.25, 0.3) is 11.9 Å². The molecule has 2 aromatic rings. The van der Waals surface area contributed by atoms with Gasteiger partial charge in [-0.2, -0.15) is 0 Å². The first-order chi connectivity index (χ1) is 18.0. The monoisotopic (exact) mass is 531 g/mol. The number of aliphatic carboxylic acids is 1. The Labute approximate surface area is 215 Å². The first kappa shape index (κ1) is 27.0. The summed E-state index contributed by atoms with van der Waals surface area (Å²) < 4.78 is 64.3. The molecule has 0 saturated heterocycles. The van der Waals surface area contributed by atoms with E-state index >= 15 is 4.39 Å². The van der Waals surface area contributed by atoms with E-state index in [9.17, 15) is 13.2 Å². The van der Waals surface area contributed by atoms with Gasteiger partial charge in [-0.25, -0.2) is 22.6 Å². The summed E-state index contributed by atoms with van der Waals surface area (Å²) in [7, 11) is 1.40. The fourth-order valence-electron chi connectivity index (χ4n) is 4.91. The van der Waals surface area contributed by atoms with E-state index in [1.165, 1.54) is 49.9 Å². The fraction of sp³-hybridized carbons (Fsp3) is 0.308. The van der Waals surface area contributed by atoms with Crippen LogP contribution in [0.1, 0.15) is 24.5 Å². The highest BCUT2D eigenvalue weighted by Crippen LogP contribution is 2.53. The van der Waals surface area contributed by atoms with Crippen molar-refractivity contribution in [2.45, 2.75) is 30.4 Å². The van der Waals surface area contributed by atoms with Gasteiger partial charge < -0.3 is 15.6 Å². The number of amidine groups is 1. The van der Waals surface area contributed by atoms with E-state index in [1.54, 1.807) is 18.2 Å². The summed E-state index contributed by atoms with van der Waals surface area (Å²) in [6.07, 6.45) is 5.54. The molecule has 12 heteroatoms. The molecule has 38 heavy (non-hydrogen) atoms. The number of fused-ring (bicyclic) bond motifs is 1. The van der Waals surface area contributed by atoms with Crippen molar-refractivity contribution in [2.24, 2.45) is 15.7 Å². The third kappa shape index (κ3) is 4.55. The molecule has 200 valence electrons. The Morgan fingerprint density at radius 2 is 1.82 bits per heavy atom. The van der Waals surface area contributed by atoms with Crippen molar-refractivity contribution in [2.75, 3.05) is 20.2 Å². The number of aliphatic imine (C=N–C) groups is 2. The number of carboxylic acid groups (broad SMARTS) is 1. The number of rotatable bonds is 4. The lowest BCUT2D eigenvalue weighted by Crippen LogP contribution is -2.60. The van der Waals surface area contributed by atoms with Gasteiger partial charge in [0.2, 0.25) is 0 Å². The fourth-order valence-corrected chi connectivity index (χ4v) is 4.91. The van der Waals surface area contributed by atoms with E-state index in [2.05, 4.69) is 15.0 Å². The number of nitrogens with zero attached hydrogens (tertiary/aromatic N) is 4. The van der Waals surface area contributed by atoms with Gasteiger partial charge in [0, 0.05) is 44.0 Å². The molecular formula is C26H25F4N5O3. The molecule has 0 fully saturated rings. The van der Waals surface area contributed by atoms with E-state index in [-0.39, 0.29) is 29.4 Å². The molecular weight excluding hydrogens is 506 g/mol. The van der Waals surface area contributed by atoms with Crippen LogP contribution >= 0.6 is 0 Å². The second kappa shape index (κ2) is 10.0. The van der Waals surface area contributed by atoms with Gasteiger partial charge in [0.15, 0.2) is 11.5 Å². The molecule has 0 bridgehead atoms. The standard InChI is InChI=1S/C24H21F4N5O.C2H4O2/c1-34-22(9-6-19(26)17(12-22)16-4-2-3-5-18(16)25)24(15-7-10-30-11-8-15)20-31-13-23(27,28)14-33(20)21(29)32-24;1-2(3)4/h2-11H,12-14H2,1H3,(H2,29,32);1H3,(H,3,4). The summed E-state index contributed by atoms with van der Waals surface area (Å²) >= 11 is 0. The Morgan fingerprint density at radius 1 is 1.16 bits per heavy atom. The van der Waals surface area contributed by atoms with E-state index in [0.717, 1.165) is 11.8 Å². The Bertz CT molecular complexity index is 1360. The number of hydrogen-bond donors (Lipinski definition) is 2. The number of nitrogens with two attached hydrogens (primary N) is 1. The van der Waals surface area contributed by atoms with Crippen molar-refractivity contribution in [3.05, 3.63) is 83.7 Å². The maximum Gasteiger partial charge on any atom is 0.300 e. The highest BCUT2D eigenvalue weighted by atomic mass is 19.3. The summed E-state index contributed by atoms with van der Waals surface area (Å²) in [5.41, 5.74) is 3.79. The summed E-state index contributed by atoms with van der Waals surface area (Å²) in [4.78, 5) is 23.1. The van der Waals surface area contributed by atoms with Crippen LogP contribution in [0.5, 0.6) is 0 Å². The van der Waals surface area contributed by atoms with Crippen LogP contribution in [-0.2, 0) is 15.1 Å². The molecule has 5 rings (SSSR count). The molecule has 0 saturated carbocycles. The number of ether oxygens (including phenoxy) is 1. The molecule has 8 nitrogen and oxygen atoms in total. The van der Waals surface area contributed by atoms with Crippen LogP contribution in [-0.4, -0.2) is 64.5 Å². The first-order valence-corrected chi connectivity index (χ1v) is 11.5. The van der Waals surface area contributed by atoms with Gasteiger partial charge in [-0.15, -0.1) is 0 Å². The van der Waals surface area contributed by atoms with E-state index < -0.39 is 47.8 Å². The molecule has 3 aliphatic rings. The molecule has 0 amide bonds. The van der Waals surface area contributed by atoms with Gasteiger partial charge in [-0.05, 0) is 35.9 Å². The summed E-state index contributed by atoms with van der Waals surface area (Å²) in [5, 5.41) is 7.42. The summed E-state index contributed by atoms with van der Waals surface area (Å²) in [5.74, 6) is -5.18. The lowest BCUT2D eigenvalue weighted by molar-refractivity contribution is -0.134. The average molecular weight is 532 g/mol. The van der Waals surface area contributed by atoms with Crippen molar-refractivity contribution in [3.8, 4) is 0 Å². The normalized spacial score (nSPS) is 25.7. The molecule has 1 aliphatic carbocycles. The number of alkyl halides is 2. The Hall–Kier alpha value is -4.06. The van der Waals surface area contributed by atoms with Crippen LogP contribution in [0.3, 0.4) is 0 Å². The lowest BCUT2D eigenvalue weighted by atomic mass is 9.68. The Balaban J connectivity index is 0.000000786. The van der Waals surface area contributed by atoms with Crippen LogP contribution in [0.2, 0.25) is 0 Å².